The molecule has 0 fully saturated rings. The average Bonchev–Trinajstić information content (AvgIpc) is 2.60. The number of methoxy groups -OCH3 is 1. The molecular weight excluding hydrogens is 358 g/mol. The van der Waals surface area contributed by atoms with Crippen LogP contribution >= 0.6 is 0 Å². The topological polar surface area (TPSA) is 90.0 Å². The largest absolute Gasteiger partial charge is 0.467 e. The molecule has 0 radical (unpaired) electrons. The number of carbonyl (C=O) groups is 2. The first-order valence-electron chi connectivity index (χ1n) is 7.88. The monoisotopic (exact) mass is 379 g/mol. The quantitative estimate of drug-likeness (QED) is 0.563. The number of benzene rings is 2. The molecule has 0 saturated heterocycles. The molecule has 0 aliphatic carbocycles. The van der Waals surface area contributed by atoms with Gasteiger partial charge in [0.15, 0.2) is 0 Å². The number of ether oxygens (including phenoxy) is 1. The highest BCUT2D eigenvalue weighted by molar-refractivity contribution is 7.86. The van der Waals surface area contributed by atoms with E-state index in [1.165, 1.54) is 18.9 Å². The van der Waals surface area contributed by atoms with Crippen molar-refractivity contribution in [1.82, 2.24) is 0 Å². The van der Waals surface area contributed by atoms with Gasteiger partial charge in [0.25, 0.3) is 16.0 Å². The fourth-order valence-corrected chi connectivity index (χ4v) is 3.04. The number of anilines is 1. The fourth-order valence-electron chi connectivity index (χ4n) is 2.72. The van der Waals surface area contributed by atoms with Crippen molar-refractivity contribution < 1.29 is 26.9 Å². The van der Waals surface area contributed by atoms with Gasteiger partial charge in [0.1, 0.15) is 12.6 Å². The van der Waals surface area contributed by atoms with Crippen LogP contribution in [-0.2, 0) is 28.6 Å². The minimum Gasteiger partial charge on any atom is -0.467 e. The maximum atomic E-state index is 12.8. The molecule has 2 aromatic rings. The molecule has 0 aliphatic rings. The van der Waals surface area contributed by atoms with Gasteiger partial charge < -0.3 is 4.74 Å². The van der Waals surface area contributed by atoms with Crippen molar-refractivity contribution in [3.8, 4) is 0 Å². The zero-order chi connectivity index (χ0) is 19.5. The fraction of sp³-hybridized carbons (Fsp3) is 0.333. The van der Waals surface area contributed by atoms with Gasteiger partial charge in [-0.15, -0.1) is 0 Å². The lowest BCUT2D eigenvalue weighted by Crippen LogP contribution is -2.46. The van der Waals surface area contributed by atoms with Crippen LogP contribution in [0.2, 0.25) is 0 Å². The van der Waals surface area contributed by atoms with Gasteiger partial charge in [-0.25, -0.2) is 4.79 Å². The Morgan fingerprint density at radius 2 is 1.81 bits per heavy atom. The number of rotatable bonds is 6. The summed E-state index contributed by atoms with van der Waals surface area (Å²) in [5.74, 6) is -1.28. The lowest BCUT2D eigenvalue weighted by atomic mass is 10.0. The normalized spacial score (nSPS) is 12.6. The molecule has 1 atom stereocenters. The Morgan fingerprint density at radius 3 is 2.42 bits per heavy atom. The third-order valence-electron chi connectivity index (χ3n) is 3.94. The van der Waals surface area contributed by atoms with E-state index in [1.54, 1.807) is 0 Å². The first-order chi connectivity index (χ1) is 12.2. The molecule has 8 heteroatoms. The van der Waals surface area contributed by atoms with Gasteiger partial charge in [0.05, 0.1) is 19.1 Å². The number of amides is 1. The van der Waals surface area contributed by atoms with Gasteiger partial charge in [-0.1, -0.05) is 36.4 Å². The molecule has 7 nitrogen and oxygen atoms in total. The second-order valence-corrected chi connectivity index (χ2v) is 7.53. The van der Waals surface area contributed by atoms with Crippen LogP contribution in [0.15, 0.2) is 36.4 Å². The molecule has 0 heterocycles. The Labute approximate surface area is 152 Å². The molecule has 0 aromatic heterocycles. The standard InChI is InChI=1S/C18H21NO6S/c1-12-9-10-14-7-5-6-8-15(14)17(12)19(13(2)18(21)24-3)16(20)11-25-26(4,22)23/h5-10,13H,11H2,1-4H3/t13-/m0/s1. The molecule has 2 rings (SSSR count). The van der Waals surface area contributed by atoms with Gasteiger partial charge in [0, 0.05) is 5.39 Å². The first kappa shape index (κ1) is 19.9. The molecule has 0 aliphatic heterocycles. The van der Waals surface area contributed by atoms with Crippen molar-refractivity contribution in [2.45, 2.75) is 19.9 Å². The third-order valence-corrected chi connectivity index (χ3v) is 4.48. The highest BCUT2D eigenvalue weighted by Gasteiger charge is 2.31. The molecule has 1 amide bonds. The van der Waals surface area contributed by atoms with E-state index in [0.717, 1.165) is 22.6 Å². The number of hydrogen-bond acceptors (Lipinski definition) is 6. The average molecular weight is 379 g/mol. The minimum atomic E-state index is -3.80. The summed E-state index contributed by atoms with van der Waals surface area (Å²) in [6.45, 7) is 2.62. The van der Waals surface area contributed by atoms with Gasteiger partial charge >= 0.3 is 5.97 Å². The summed E-state index contributed by atoms with van der Waals surface area (Å²) < 4.78 is 31.9. The molecule has 140 valence electrons. The van der Waals surface area contributed by atoms with Crippen LogP contribution in [-0.4, -0.2) is 46.3 Å². The highest BCUT2D eigenvalue weighted by atomic mass is 32.2. The SMILES string of the molecule is COC(=O)[C@H](C)N(C(=O)COS(C)(=O)=O)c1c(C)ccc2ccccc12. The summed E-state index contributed by atoms with van der Waals surface area (Å²) in [6, 6.07) is 10.2. The second kappa shape index (κ2) is 7.84. The summed E-state index contributed by atoms with van der Waals surface area (Å²) in [6.07, 6.45) is 0.859. The van der Waals surface area contributed by atoms with E-state index in [4.69, 9.17) is 4.74 Å². The van der Waals surface area contributed by atoms with Crippen LogP contribution in [0.3, 0.4) is 0 Å². The Hall–Kier alpha value is -2.45. The van der Waals surface area contributed by atoms with Crippen LogP contribution in [0.25, 0.3) is 10.8 Å². The smallest absolute Gasteiger partial charge is 0.328 e. The zero-order valence-corrected chi connectivity index (χ0v) is 15.9. The summed E-state index contributed by atoms with van der Waals surface area (Å²) in [5.41, 5.74) is 1.27. The molecule has 0 unspecified atom stereocenters. The van der Waals surface area contributed by atoms with Crippen LogP contribution in [0, 0.1) is 6.92 Å². The number of hydrogen-bond donors (Lipinski definition) is 0. The van der Waals surface area contributed by atoms with E-state index in [9.17, 15) is 18.0 Å². The number of carbonyl (C=O) groups excluding carboxylic acids is 2. The number of esters is 1. The maximum absolute atomic E-state index is 12.8. The van der Waals surface area contributed by atoms with Crippen molar-refractivity contribution in [1.29, 1.82) is 0 Å². The number of nitrogens with zero attached hydrogens (tertiary/aromatic N) is 1. The van der Waals surface area contributed by atoms with E-state index in [0.29, 0.717) is 5.69 Å². The molecule has 2 aromatic carbocycles. The summed E-state index contributed by atoms with van der Waals surface area (Å²) in [7, 11) is -2.58. The predicted molar refractivity (Wildman–Crippen MR) is 98.4 cm³/mol. The van der Waals surface area contributed by atoms with Crippen molar-refractivity contribution >= 4 is 38.5 Å². The number of aryl methyl sites for hydroxylation is 1. The first-order valence-corrected chi connectivity index (χ1v) is 9.70. The van der Waals surface area contributed by atoms with Gasteiger partial charge in [-0.05, 0) is 24.8 Å². The van der Waals surface area contributed by atoms with Crippen molar-refractivity contribution in [2.24, 2.45) is 0 Å². The number of fused-ring (bicyclic) bond motifs is 1. The summed E-state index contributed by atoms with van der Waals surface area (Å²) in [4.78, 5) is 26.1. The Balaban J connectivity index is 2.59. The maximum Gasteiger partial charge on any atom is 0.328 e. The van der Waals surface area contributed by atoms with Crippen LogP contribution in [0.1, 0.15) is 12.5 Å². The van der Waals surface area contributed by atoms with E-state index in [1.807, 2.05) is 43.3 Å². The van der Waals surface area contributed by atoms with Crippen molar-refractivity contribution in [3.05, 3.63) is 42.0 Å². The van der Waals surface area contributed by atoms with E-state index < -0.39 is 34.6 Å². The molecule has 26 heavy (non-hydrogen) atoms. The molecule has 0 N–H and O–H groups in total. The van der Waals surface area contributed by atoms with Crippen LogP contribution in [0.5, 0.6) is 0 Å². The van der Waals surface area contributed by atoms with Gasteiger partial charge in [0.2, 0.25) is 0 Å². The Morgan fingerprint density at radius 1 is 1.15 bits per heavy atom. The van der Waals surface area contributed by atoms with E-state index >= 15 is 0 Å². The molecule has 0 bridgehead atoms. The second-order valence-electron chi connectivity index (χ2n) is 5.88. The lowest BCUT2D eigenvalue weighted by Gasteiger charge is -2.30. The lowest BCUT2D eigenvalue weighted by molar-refractivity contribution is -0.143. The predicted octanol–water partition coefficient (Wildman–Crippen LogP) is 2.02. The highest BCUT2D eigenvalue weighted by Crippen LogP contribution is 2.32. The minimum absolute atomic E-state index is 0.517. The molecular formula is C18H21NO6S. The Bertz CT molecular complexity index is 938. The van der Waals surface area contributed by atoms with Crippen molar-refractivity contribution in [2.75, 3.05) is 24.9 Å². The summed E-state index contributed by atoms with van der Waals surface area (Å²) in [5, 5.41) is 1.64. The van der Waals surface area contributed by atoms with Gasteiger partial charge in [-0.3, -0.25) is 13.9 Å². The van der Waals surface area contributed by atoms with Crippen LogP contribution < -0.4 is 4.90 Å². The Kier molecular flexibility index (Phi) is 5.99. The molecule has 0 saturated carbocycles. The van der Waals surface area contributed by atoms with Crippen LogP contribution in [0.4, 0.5) is 5.69 Å². The third kappa shape index (κ3) is 4.39. The zero-order valence-electron chi connectivity index (χ0n) is 15.1. The van der Waals surface area contributed by atoms with Crippen molar-refractivity contribution in [3.63, 3.8) is 0 Å². The molecule has 0 spiro atoms. The van der Waals surface area contributed by atoms with Gasteiger partial charge in [-0.2, -0.15) is 8.42 Å². The van der Waals surface area contributed by atoms with E-state index in [2.05, 4.69) is 4.18 Å². The summed E-state index contributed by atoms with van der Waals surface area (Å²) >= 11 is 0. The van der Waals surface area contributed by atoms with E-state index in [-0.39, 0.29) is 0 Å².